The summed E-state index contributed by atoms with van der Waals surface area (Å²) in [6.45, 7) is 4.07. The van der Waals surface area contributed by atoms with Crippen LogP contribution in [0.4, 0.5) is 21.1 Å². The zero-order valence-electron chi connectivity index (χ0n) is 15.2. The van der Waals surface area contributed by atoms with Crippen molar-refractivity contribution in [2.24, 2.45) is 10.7 Å². The molecule has 2 aromatic rings. The molecular formula is C18H23N7O2. The third-order valence-electron chi connectivity index (χ3n) is 3.65. The number of amides is 4. The number of amidine groups is 1. The van der Waals surface area contributed by atoms with Gasteiger partial charge in [-0.25, -0.2) is 14.6 Å². The zero-order valence-corrected chi connectivity index (χ0v) is 15.2. The van der Waals surface area contributed by atoms with E-state index in [-0.39, 0.29) is 23.4 Å². The van der Waals surface area contributed by atoms with Crippen molar-refractivity contribution < 1.29 is 9.59 Å². The number of carbonyl (C=O) groups is 2. The van der Waals surface area contributed by atoms with Crippen molar-refractivity contribution in [1.82, 2.24) is 15.6 Å². The number of anilines is 2. The van der Waals surface area contributed by atoms with Crippen LogP contribution in [0.25, 0.3) is 0 Å². The molecule has 2 rings (SSSR count). The predicted molar refractivity (Wildman–Crippen MR) is 105 cm³/mol. The lowest BCUT2D eigenvalue weighted by atomic mass is 10.1. The molecule has 0 aliphatic carbocycles. The Labute approximate surface area is 157 Å². The normalized spacial score (nSPS) is 12.1. The van der Waals surface area contributed by atoms with Crippen molar-refractivity contribution in [1.29, 1.82) is 0 Å². The van der Waals surface area contributed by atoms with Gasteiger partial charge in [-0.3, -0.25) is 5.32 Å². The van der Waals surface area contributed by atoms with Gasteiger partial charge in [-0.05, 0) is 19.4 Å². The maximum absolute atomic E-state index is 12.1. The third kappa shape index (κ3) is 5.70. The van der Waals surface area contributed by atoms with Crippen LogP contribution in [0.2, 0.25) is 0 Å². The van der Waals surface area contributed by atoms with Gasteiger partial charge < -0.3 is 22.1 Å². The summed E-state index contributed by atoms with van der Waals surface area (Å²) in [4.78, 5) is 31.4. The second kappa shape index (κ2) is 9.18. The fourth-order valence-corrected chi connectivity index (χ4v) is 2.29. The van der Waals surface area contributed by atoms with Crippen LogP contribution in [0.3, 0.4) is 0 Å². The van der Waals surface area contributed by atoms with Gasteiger partial charge in [-0.1, -0.05) is 30.3 Å². The minimum atomic E-state index is -0.564. The van der Waals surface area contributed by atoms with Gasteiger partial charge in [0.1, 0.15) is 11.7 Å². The summed E-state index contributed by atoms with van der Waals surface area (Å²) in [5, 5.41) is 7.92. The van der Waals surface area contributed by atoms with Crippen LogP contribution in [0.5, 0.6) is 0 Å². The molecule has 4 amide bonds. The Balaban J connectivity index is 2.02. The first-order valence-corrected chi connectivity index (χ1v) is 8.41. The highest BCUT2D eigenvalue weighted by Crippen LogP contribution is 2.16. The molecule has 0 spiro atoms. The maximum atomic E-state index is 12.1. The van der Waals surface area contributed by atoms with E-state index in [1.165, 1.54) is 12.3 Å². The number of pyridine rings is 1. The highest BCUT2D eigenvalue weighted by atomic mass is 16.2. The number of nitrogens with zero attached hydrogens (tertiary/aromatic N) is 2. The Bertz CT molecular complexity index is 837. The number of nitrogen functional groups attached to an aromatic ring is 1. The number of aliphatic imine (C=N–C) groups is 1. The summed E-state index contributed by atoms with van der Waals surface area (Å²) >= 11 is 0. The van der Waals surface area contributed by atoms with Crippen molar-refractivity contribution in [3.63, 3.8) is 0 Å². The maximum Gasteiger partial charge on any atom is 0.342 e. The van der Waals surface area contributed by atoms with E-state index in [9.17, 15) is 9.59 Å². The van der Waals surface area contributed by atoms with Gasteiger partial charge in [0.25, 0.3) is 0 Å². The lowest BCUT2D eigenvalue weighted by molar-refractivity contribution is 0.248. The number of nitrogens with two attached hydrogens (primary N) is 2. The van der Waals surface area contributed by atoms with E-state index in [0.717, 1.165) is 5.56 Å². The smallest absolute Gasteiger partial charge is 0.342 e. The zero-order chi connectivity index (χ0) is 19.8. The van der Waals surface area contributed by atoms with E-state index in [4.69, 9.17) is 11.5 Å². The molecule has 0 radical (unpaired) electrons. The van der Waals surface area contributed by atoms with Crippen LogP contribution in [0.1, 0.15) is 31.0 Å². The number of benzene rings is 1. The average Bonchev–Trinajstić information content (AvgIpc) is 2.62. The summed E-state index contributed by atoms with van der Waals surface area (Å²) in [5.74, 6) is 0.194. The minimum absolute atomic E-state index is 0.0559. The van der Waals surface area contributed by atoms with Crippen LogP contribution in [-0.4, -0.2) is 29.4 Å². The van der Waals surface area contributed by atoms with E-state index in [0.29, 0.717) is 12.1 Å². The molecular weight excluding hydrogens is 346 g/mol. The van der Waals surface area contributed by atoms with E-state index in [1.807, 2.05) is 37.3 Å². The van der Waals surface area contributed by atoms with Gasteiger partial charge in [0.2, 0.25) is 0 Å². The lowest BCUT2D eigenvalue weighted by Crippen LogP contribution is -2.31. The topological polar surface area (TPSA) is 148 Å². The first-order chi connectivity index (χ1) is 12.9. The molecule has 7 N–H and O–H groups in total. The Hall–Kier alpha value is -3.62. The highest BCUT2D eigenvalue weighted by molar-refractivity contribution is 6.07. The molecule has 1 unspecified atom stereocenters. The quantitative estimate of drug-likeness (QED) is 0.404. The number of aromatic nitrogens is 1. The molecule has 27 heavy (non-hydrogen) atoms. The molecule has 9 nitrogen and oxygen atoms in total. The Morgan fingerprint density at radius 1 is 1.26 bits per heavy atom. The van der Waals surface area contributed by atoms with Gasteiger partial charge >= 0.3 is 12.1 Å². The predicted octanol–water partition coefficient (Wildman–Crippen LogP) is 1.98. The fraction of sp³-hybridized carbons (Fsp3) is 0.222. The lowest BCUT2D eigenvalue weighted by Gasteiger charge is -2.15. The summed E-state index contributed by atoms with van der Waals surface area (Å²) in [6.07, 6.45) is 1.35. The molecule has 1 atom stereocenters. The molecule has 0 aliphatic heterocycles. The Morgan fingerprint density at radius 3 is 2.59 bits per heavy atom. The van der Waals surface area contributed by atoms with Crippen LogP contribution < -0.4 is 27.4 Å². The monoisotopic (exact) mass is 369 g/mol. The van der Waals surface area contributed by atoms with Crippen molar-refractivity contribution in [3.8, 4) is 0 Å². The Kier molecular flexibility index (Phi) is 6.70. The van der Waals surface area contributed by atoms with E-state index in [1.54, 1.807) is 6.92 Å². The second-order valence-electron chi connectivity index (χ2n) is 5.72. The molecule has 1 heterocycles. The van der Waals surface area contributed by atoms with Crippen LogP contribution in [-0.2, 0) is 0 Å². The first-order valence-electron chi connectivity index (χ1n) is 8.41. The molecule has 0 saturated heterocycles. The highest BCUT2D eigenvalue weighted by Gasteiger charge is 2.12. The summed E-state index contributed by atoms with van der Waals surface area (Å²) in [5.41, 5.74) is 13.2. The minimum Gasteiger partial charge on any atom is -0.398 e. The number of urea groups is 2. The number of carbonyl (C=O) groups excluding carboxylic acids is 2. The molecule has 142 valence electrons. The molecule has 9 heteroatoms. The number of hydrogen-bond donors (Lipinski definition) is 5. The largest absolute Gasteiger partial charge is 0.398 e. The molecule has 1 aromatic carbocycles. The molecule has 1 aromatic heterocycles. The fourth-order valence-electron chi connectivity index (χ4n) is 2.29. The van der Waals surface area contributed by atoms with Crippen LogP contribution >= 0.6 is 0 Å². The second-order valence-corrected chi connectivity index (χ2v) is 5.72. The van der Waals surface area contributed by atoms with Crippen LogP contribution in [0.15, 0.2) is 47.6 Å². The molecule has 0 saturated carbocycles. The SMILES string of the molecule is CCNC(=O)/N=C(/N)c1cnc(NC(=O)NC(C)c2ccccc2)cc1N. The van der Waals surface area contributed by atoms with E-state index >= 15 is 0 Å². The third-order valence-corrected chi connectivity index (χ3v) is 3.65. The number of rotatable bonds is 5. The summed E-state index contributed by atoms with van der Waals surface area (Å²) in [6, 6.07) is 9.84. The summed E-state index contributed by atoms with van der Waals surface area (Å²) < 4.78 is 0. The molecule has 0 fully saturated rings. The Morgan fingerprint density at radius 2 is 1.96 bits per heavy atom. The number of hydrogen-bond acceptors (Lipinski definition) is 4. The van der Waals surface area contributed by atoms with Crippen molar-refractivity contribution in [2.75, 3.05) is 17.6 Å². The van der Waals surface area contributed by atoms with E-state index in [2.05, 4.69) is 25.9 Å². The van der Waals surface area contributed by atoms with Gasteiger partial charge in [0.15, 0.2) is 0 Å². The number of nitrogens with one attached hydrogen (secondary N) is 3. The van der Waals surface area contributed by atoms with Gasteiger partial charge in [-0.15, -0.1) is 0 Å². The first kappa shape index (κ1) is 19.7. The van der Waals surface area contributed by atoms with Gasteiger partial charge in [0.05, 0.1) is 11.6 Å². The van der Waals surface area contributed by atoms with Crippen molar-refractivity contribution >= 4 is 29.4 Å². The van der Waals surface area contributed by atoms with Gasteiger partial charge in [0, 0.05) is 24.5 Å². The average molecular weight is 369 g/mol. The molecule has 0 aliphatic rings. The molecule has 0 bridgehead atoms. The standard InChI is InChI=1S/C18H23N7O2/c1-3-21-17(26)25-16(20)13-10-22-15(9-14(13)19)24-18(27)23-11(2)12-7-5-4-6-8-12/h4-11H,3H2,1-2H3,(H3,20,21,25,26)(H4,19,22,23,24,27). The van der Waals surface area contributed by atoms with Crippen molar-refractivity contribution in [2.45, 2.75) is 19.9 Å². The van der Waals surface area contributed by atoms with Gasteiger partial charge in [-0.2, -0.15) is 4.99 Å². The van der Waals surface area contributed by atoms with E-state index < -0.39 is 12.1 Å². The van der Waals surface area contributed by atoms with Crippen LogP contribution in [0, 0.1) is 0 Å². The van der Waals surface area contributed by atoms with Crippen molar-refractivity contribution in [3.05, 3.63) is 53.7 Å². The summed E-state index contributed by atoms with van der Waals surface area (Å²) in [7, 11) is 0.